The molecule has 1 aromatic heterocycles. The SMILES string of the molecule is N#C/C(=C\c1cn(Cc2ccccc2C#N)c2ccccc12)c1cccc(Cl)c1. The third-order valence-corrected chi connectivity index (χ3v) is 5.09. The second-order valence-corrected chi connectivity index (χ2v) is 7.12. The van der Waals surface area contributed by atoms with E-state index in [0.717, 1.165) is 27.6 Å². The monoisotopic (exact) mass is 393 g/mol. The molecule has 0 N–H and O–H groups in total. The Morgan fingerprint density at radius 1 is 0.966 bits per heavy atom. The number of nitrogens with zero attached hydrogens (tertiary/aromatic N) is 3. The summed E-state index contributed by atoms with van der Waals surface area (Å²) in [5.41, 5.74) is 4.96. The summed E-state index contributed by atoms with van der Waals surface area (Å²) in [6.07, 6.45) is 3.92. The average molecular weight is 394 g/mol. The maximum atomic E-state index is 9.71. The van der Waals surface area contributed by atoms with Gasteiger partial charge in [-0.3, -0.25) is 0 Å². The number of fused-ring (bicyclic) bond motifs is 1. The van der Waals surface area contributed by atoms with Gasteiger partial charge in [0.05, 0.1) is 23.3 Å². The smallest absolute Gasteiger partial charge is 0.0998 e. The summed E-state index contributed by atoms with van der Waals surface area (Å²) in [6, 6.07) is 27.5. The highest BCUT2D eigenvalue weighted by atomic mass is 35.5. The van der Waals surface area contributed by atoms with E-state index in [1.165, 1.54) is 0 Å². The van der Waals surface area contributed by atoms with Crippen LogP contribution in [0.4, 0.5) is 0 Å². The molecule has 4 rings (SSSR count). The molecule has 0 saturated heterocycles. The fourth-order valence-corrected chi connectivity index (χ4v) is 3.65. The molecule has 0 amide bonds. The molecule has 29 heavy (non-hydrogen) atoms. The number of rotatable bonds is 4. The molecule has 4 heteroatoms. The zero-order valence-corrected chi connectivity index (χ0v) is 16.3. The minimum absolute atomic E-state index is 0.549. The van der Waals surface area contributed by atoms with Crippen molar-refractivity contribution in [1.82, 2.24) is 4.57 Å². The third kappa shape index (κ3) is 3.78. The maximum absolute atomic E-state index is 9.71. The van der Waals surface area contributed by atoms with E-state index in [9.17, 15) is 10.5 Å². The lowest BCUT2D eigenvalue weighted by Gasteiger charge is -2.07. The number of para-hydroxylation sites is 1. The summed E-state index contributed by atoms with van der Waals surface area (Å²) >= 11 is 6.10. The van der Waals surface area contributed by atoms with Crippen LogP contribution >= 0.6 is 11.6 Å². The van der Waals surface area contributed by atoms with Gasteiger partial charge < -0.3 is 4.57 Å². The topological polar surface area (TPSA) is 52.5 Å². The summed E-state index contributed by atoms with van der Waals surface area (Å²) in [4.78, 5) is 0. The van der Waals surface area contributed by atoms with Gasteiger partial charge in [-0.15, -0.1) is 0 Å². The summed E-state index contributed by atoms with van der Waals surface area (Å²) < 4.78 is 2.12. The molecular formula is C25H16ClN3. The molecule has 1 heterocycles. The van der Waals surface area contributed by atoms with E-state index in [4.69, 9.17) is 11.6 Å². The normalized spacial score (nSPS) is 11.2. The van der Waals surface area contributed by atoms with Crippen molar-refractivity contribution in [2.75, 3.05) is 0 Å². The summed E-state index contributed by atoms with van der Waals surface area (Å²) in [5.74, 6) is 0. The van der Waals surface area contributed by atoms with Crippen LogP contribution in [0.15, 0.2) is 79.0 Å². The predicted molar refractivity (Wildman–Crippen MR) is 117 cm³/mol. The highest BCUT2D eigenvalue weighted by Gasteiger charge is 2.11. The number of aromatic nitrogens is 1. The molecule has 0 saturated carbocycles. The molecule has 0 unspecified atom stereocenters. The molecule has 4 aromatic rings. The van der Waals surface area contributed by atoms with Crippen molar-refractivity contribution in [2.45, 2.75) is 6.54 Å². The van der Waals surface area contributed by atoms with Gasteiger partial charge in [0.2, 0.25) is 0 Å². The molecule has 0 atom stereocenters. The van der Waals surface area contributed by atoms with Crippen LogP contribution in [-0.2, 0) is 6.54 Å². The molecule has 0 aliphatic rings. The highest BCUT2D eigenvalue weighted by molar-refractivity contribution is 6.30. The number of allylic oxidation sites excluding steroid dienone is 1. The van der Waals surface area contributed by atoms with Gasteiger partial charge in [0, 0.05) is 34.2 Å². The van der Waals surface area contributed by atoms with Crippen molar-refractivity contribution in [3.63, 3.8) is 0 Å². The molecule has 138 valence electrons. The van der Waals surface area contributed by atoms with E-state index in [0.29, 0.717) is 22.7 Å². The molecule has 0 bridgehead atoms. The Labute approximate surface area is 174 Å². The Hall–Kier alpha value is -3.79. The standard InChI is InChI=1S/C25H16ClN3/c26-23-9-5-8-18(13-23)21(15-28)12-22-17-29(25-11-4-3-10-24(22)25)16-20-7-2-1-6-19(20)14-27/h1-13,17H,16H2/b21-12+. The number of benzene rings is 3. The second-order valence-electron chi connectivity index (χ2n) is 6.68. The molecule has 3 nitrogen and oxygen atoms in total. The van der Waals surface area contributed by atoms with Crippen molar-refractivity contribution < 1.29 is 0 Å². The van der Waals surface area contributed by atoms with Crippen LogP contribution in [0.1, 0.15) is 22.3 Å². The first-order valence-electron chi connectivity index (χ1n) is 9.13. The van der Waals surface area contributed by atoms with Crippen LogP contribution < -0.4 is 0 Å². The predicted octanol–water partition coefficient (Wildman–Crippen LogP) is 6.28. The number of hydrogen-bond acceptors (Lipinski definition) is 2. The van der Waals surface area contributed by atoms with Gasteiger partial charge in [-0.2, -0.15) is 10.5 Å². The number of halogens is 1. The van der Waals surface area contributed by atoms with Crippen LogP contribution in [0.2, 0.25) is 5.02 Å². The molecule has 0 fully saturated rings. The third-order valence-electron chi connectivity index (χ3n) is 4.85. The van der Waals surface area contributed by atoms with Gasteiger partial charge in [0.15, 0.2) is 0 Å². The van der Waals surface area contributed by atoms with Gasteiger partial charge in [0.25, 0.3) is 0 Å². The van der Waals surface area contributed by atoms with Crippen molar-refractivity contribution in [3.05, 3.63) is 106 Å². The van der Waals surface area contributed by atoms with Gasteiger partial charge in [0.1, 0.15) is 0 Å². The second kappa shape index (κ2) is 8.07. The van der Waals surface area contributed by atoms with Crippen molar-refractivity contribution in [3.8, 4) is 12.1 Å². The quantitative estimate of drug-likeness (QED) is 0.383. The maximum Gasteiger partial charge on any atom is 0.0998 e. The van der Waals surface area contributed by atoms with Gasteiger partial charge in [-0.05, 0) is 41.5 Å². The molecular weight excluding hydrogens is 378 g/mol. The molecule has 0 radical (unpaired) electrons. The Morgan fingerprint density at radius 3 is 2.55 bits per heavy atom. The van der Waals surface area contributed by atoms with E-state index in [-0.39, 0.29) is 0 Å². The van der Waals surface area contributed by atoms with Crippen LogP contribution in [0, 0.1) is 22.7 Å². The van der Waals surface area contributed by atoms with Crippen LogP contribution in [0.3, 0.4) is 0 Å². The lowest BCUT2D eigenvalue weighted by Crippen LogP contribution is -2.00. The summed E-state index contributed by atoms with van der Waals surface area (Å²) in [7, 11) is 0. The fourth-order valence-electron chi connectivity index (χ4n) is 3.46. The van der Waals surface area contributed by atoms with Crippen molar-refractivity contribution >= 4 is 34.2 Å². The number of nitriles is 2. The Kier molecular flexibility index (Phi) is 5.16. The van der Waals surface area contributed by atoms with Crippen LogP contribution in [-0.4, -0.2) is 4.57 Å². The van der Waals surface area contributed by atoms with Crippen molar-refractivity contribution in [1.29, 1.82) is 10.5 Å². The Bertz CT molecular complexity index is 1320. The highest BCUT2D eigenvalue weighted by Crippen LogP contribution is 2.28. The van der Waals surface area contributed by atoms with Crippen LogP contribution in [0.25, 0.3) is 22.6 Å². The average Bonchev–Trinajstić information content (AvgIpc) is 3.10. The molecule has 0 aliphatic heterocycles. The zero-order valence-electron chi connectivity index (χ0n) is 15.5. The van der Waals surface area contributed by atoms with Gasteiger partial charge in [-0.25, -0.2) is 0 Å². The summed E-state index contributed by atoms with van der Waals surface area (Å²) in [6.45, 7) is 0.580. The summed E-state index contributed by atoms with van der Waals surface area (Å²) in [5, 5.41) is 20.8. The first-order valence-corrected chi connectivity index (χ1v) is 9.51. The first kappa shape index (κ1) is 18.6. The fraction of sp³-hybridized carbons (Fsp3) is 0.0400. The molecule has 3 aromatic carbocycles. The lowest BCUT2D eigenvalue weighted by atomic mass is 10.0. The lowest BCUT2D eigenvalue weighted by molar-refractivity contribution is 0.833. The largest absolute Gasteiger partial charge is 0.342 e. The zero-order chi connectivity index (χ0) is 20.2. The number of hydrogen-bond donors (Lipinski definition) is 0. The van der Waals surface area contributed by atoms with E-state index in [1.807, 2.05) is 72.9 Å². The molecule has 0 aliphatic carbocycles. The van der Waals surface area contributed by atoms with Crippen molar-refractivity contribution in [2.24, 2.45) is 0 Å². The minimum Gasteiger partial charge on any atom is -0.342 e. The van der Waals surface area contributed by atoms with Crippen LogP contribution in [0.5, 0.6) is 0 Å². The molecule has 0 spiro atoms. The van der Waals surface area contributed by atoms with E-state index >= 15 is 0 Å². The Morgan fingerprint density at radius 2 is 1.76 bits per heavy atom. The minimum atomic E-state index is 0.549. The Balaban J connectivity index is 1.83. The van der Waals surface area contributed by atoms with Gasteiger partial charge in [-0.1, -0.05) is 60.1 Å². The van der Waals surface area contributed by atoms with E-state index in [2.05, 4.69) is 16.7 Å². The van der Waals surface area contributed by atoms with E-state index in [1.54, 1.807) is 12.1 Å². The van der Waals surface area contributed by atoms with E-state index < -0.39 is 0 Å². The van der Waals surface area contributed by atoms with Gasteiger partial charge >= 0.3 is 0 Å². The first-order chi connectivity index (χ1) is 14.2.